The number of rotatable bonds is 5. The average Bonchev–Trinajstić information content (AvgIpc) is 3.29. The maximum Gasteiger partial charge on any atom is 0.276 e. The number of sulfone groups is 1. The standard InChI is InChI=1S/C20H30N4O5S/c1-13-19(24-8-4-6-17(24)22-20(13)26)14-5-3-7-23(10-14)18(25)9-21-15-11-30(27,28)12-16(15)29-2/h14-16,21H,3-12H2,1-2H3/t14-,15+,16-/m0/s1. The molecule has 3 aliphatic rings. The molecule has 0 spiro atoms. The lowest BCUT2D eigenvalue weighted by Gasteiger charge is -2.35. The van der Waals surface area contributed by atoms with E-state index < -0.39 is 15.9 Å². The van der Waals surface area contributed by atoms with E-state index in [1.807, 2.05) is 11.8 Å². The fourth-order valence-corrected chi connectivity index (χ4v) is 6.95. The van der Waals surface area contributed by atoms with E-state index in [2.05, 4.69) is 14.9 Å². The zero-order valence-corrected chi connectivity index (χ0v) is 18.4. The summed E-state index contributed by atoms with van der Waals surface area (Å²) in [5.41, 5.74) is 1.57. The summed E-state index contributed by atoms with van der Waals surface area (Å²) in [7, 11) is -1.64. The van der Waals surface area contributed by atoms with Crippen molar-refractivity contribution in [3.63, 3.8) is 0 Å². The lowest BCUT2D eigenvalue weighted by Crippen LogP contribution is -2.48. The molecule has 166 valence electrons. The van der Waals surface area contributed by atoms with Crippen molar-refractivity contribution in [1.82, 2.24) is 19.8 Å². The SMILES string of the molecule is CO[C@H]1CS(=O)(=O)C[C@H]1NCC(=O)N1CCC[C@H](c2c(C)c(=O)nc3n2CCC3)C1. The highest BCUT2D eigenvalue weighted by atomic mass is 32.2. The van der Waals surface area contributed by atoms with Crippen LogP contribution in [0.3, 0.4) is 0 Å². The minimum Gasteiger partial charge on any atom is -0.379 e. The van der Waals surface area contributed by atoms with Gasteiger partial charge in [-0.3, -0.25) is 9.59 Å². The number of aromatic nitrogens is 2. The Morgan fingerprint density at radius 1 is 1.27 bits per heavy atom. The van der Waals surface area contributed by atoms with Crippen LogP contribution in [-0.4, -0.2) is 79.2 Å². The Kier molecular flexibility index (Phi) is 6.00. The number of nitrogens with zero attached hydrogens (tertiary/aromatic N) is 3. The zero-order chi connectivity index (χ0) is 21.5. The van der Waals surface area contributed by atoms with Crippen molar-refractivity contribution >= 4 is 15.7 Å². The maximum absolute atomic E-state index is 12.9. The van der Waals surface area contributed by atoms with E-state index in [1.54, 1.807) is 0 Å². The summed E-state index contributed by atoms with van der Waals surface area (Å²) in [5, 5.41) is 3.09. The lowest BCUT2D eigenvalue weighted by atomic mass is 9.91. The first-order valence-electron chi connectivity index (χ1n) is 10.6. The molecule has 3 atom stereocenters. The van der Waals surface area contributed by atoms with E-state index in [0.29, 0.717) is 18.7 Å². The summed E-state index contributed by atoms with van der Waals surface area (Å²) in [5.74, 6) is 0.914. The van der Waals surface area contributed by atoms with Gasteiger partial charge in [-0.25, -0.2) is 8.42 Å². The summed E-state index contributed by atoms with van der Waals surface area (Å²) in [6.45, 7) is 4.04. The van der Waals surface area contributed by atoms with Gasteiger partial charge in [0.1, 0.15) is 5.82 Å². The minimum absolute atomic E-state index is 0.00727. The summed E-state index contributed by atoms with van der Waals surface area (Å²) in [6.07, 6.45) is 3.21. The highest BCUT2D eigenvalue weighted by Crippen LogP contribution is 2.30. The van der Waals surface area contributed by atoms with Gasteiger partial charge in [-0.2, -0.15) is 4.98 Å². The summed E-state index contributed by atoms with van der Waals surface area (Å²) >= 11 is 0. The number of aryl methyl sites for hydroxylation is 1. The van der Waals surface area contributed by atoms with E-state index in [1.165, 1.54) is 7.11 Å². The van der Waals surface area contributed by atoms with Gasteiger partial charge in [0.2, 0.25) is 5.91 Å². The number of nitrogens with one attached hydrogen (secondary N) is 1. The van der Waals surface area contributed by atoms with Crippen molar-refractivity contribution in [3.8, 4) is 0 Å². The summed E-state index contributed by atoms with van der Waals surface area (Å²) < 4.78 is 31.2. The molecule has 2 fully saturated rings. The number of fused-ring (bicyclic) bond motifs is 1. The van der Waals surface area contributed by atoms with Crippen LogP contribution in [0, 0.1) is 6.92 Å². The Balaban J connectivity index is 1.44. The van der Waals surface area contributed by atoms with E-state index in [9.17, 15) is 18.0 Å². The first-order valence-corrected chi connectivity index (χ1v) is 12.5. The van der Waals surface area contributed by atoms with Gasteiger partial charge in [0, 0.05) is 56.4 Å². The second-order valence-corrected chi connectivity index (χ2v) is 10.8. The monoisotopic (exact) mass is 438 g/mol. The van der Waals surface area contributed by atoms with Crippen molar-refractivity contribution in [2.75, 3.05) is 38.2 Å². The molecule has 4 heterocycles. The van der Waals surface area contributed by atoms with Crippen molar-refractivity contribution in [2.45, 2.75) is 57.2 Å². The average molecular weight is 439 g/mol. The molecule has 1 aromatic heterocycles. The van der Waals surface area contributed by atoms with E-state index >= 15 is 0 Å². The predicted molar refractivity (Wildman–Crippen MR) is 111 cm³/mol. The molecule has 30 heavy (non-hydrogen) atoms. The molecule has 10 heteroatoms. The largest absolute Gasteiger partial charge is 0.379 e. The van der Waals surface area contributed by atoms with Crippen LogP contribution in [0.1, 0.15) is 42.3 Å². The Labute approximate surface area is 176 Å². The van der Waals surface area contributed by atoms with Gasteiger partial charge in [-0.1, -0.05) is 0 Å². The van der Waals surface area contributed by atoms with E-state index in [4.69, 9.17) is 4.74 Å². The van der Waals surface area contributed by atoms with Gasteiger partial charge in [0.25, 0.3) is 5.56 Å². The molecule has 0 aromatic carbocycles. The second kappa shape index (κ2) is 8.39. The number of methoxy groups -OCH3 is 1. The molecule has 0 saturated carbocycles. The molecule has 9 nitrogen and oxygen atoms in total. The highest BCUT2D eigenvalue weighted by molar-refractivity contribution is 7.91. The normalized spacial score (nSPS) is 27.9. The molecular weight excluding hydrogens is 408 g/mol. The Morgan fingerprint density at radius 3 is 2.83 bits per heavy atom. The van der Waals surface area contributed by atoms with Crippen LogP contribution >= 0.6 is 0 Å². The third kappa shape index (κ3) is 4.17. The first-order chi connectivity index (χ1) is 14.3. The number of ether oxygens (including phenoxy) is 1. The lowest BCUT2D eigenvalue weighted by molar-refractivity contribution is -0.131. The predicted octanol–water partition coefficient (Wildman–Crippen LogP) is -0.394. The van der Waals surface area contributed by atoms with Crippen molar-refractivity contribution in [2.24, 2.45) is 0 Å². The number of piperidine rings is 1. The molecule has 0 bridgehead atoms. The molecule has 4 rings (SSSR count). The van der Waals surface area contributed by atoms with Crippen molar-refractivity contribution in [3.05, 3.63) is 27.4 Å². The molecule has 2 saturated heterocycles. The number of likely N-dealkylation sites (tertiary alicyclic amines) is 1. The molecule has 1 N–H and O–H groups in total. The van der Waals surface area contributed by atoms with Gasteiger partial charge in [-0.15, -0.1) is 0 Å². The fourth-order valence-electron chi connectivity index (χ4n) is 5.07. The second-order valence-electron chi connectivity index (χ2n) is 8.62. The summed E-state index contributed by atoms with van der Waals surface area (Å²) in [6, 6.07) is -0.367. The van der Waals surface area contributed by atoms with Crippen LogP contribution in [-0.2, 0) is 32.3 Å². The number of carbonyl (C=O) groups is 1. The van der Waals surface area contributed by atoms with Gasteiger partial charge in [0.05, 0.1) is 24.2 Å². The fraction of sp³-hybridized carbons (Fsp3) is 0.750. The van der Waals surface area contributed by atoms with Crippen molar-refractivity contribution in [1.29, 1.82) is 0 Å². The topological polar surface area (TPSA) is 111 Å². The van der Waals surface area contributed by atoms with Gasteiger partial charge >= 0.3 is 0 Å². The highest BCUT2D eigenvalue weighted by Gasteiger charge is 2.38. The zero-order valence-electron chi connectivity index (χ0n) is 17.6. The van der Waals surface area contributed by atoms with Crippen LogP contribution in [0.25, 0.3) is 0 Å². The van der Waals surface area contributed by atoms with Crippen LogP contribution in [0.2, 0.25) is 0 Å². The van der Waals surface area contributed by atoms with E-state index in [0.717, 1.165) is 43.7 Å². The Hall–Kier alpha value is -1.78. The third-order valence-corrected chi connectivity index (χ3v) is 8.30. The minimum atomic E-state index is -3.14. The van der Waals surface area contributed by atoms with Crippen LogP contribution in [0.5, 0.6) is 0 Å². The van der Waals surface area contributed by atoms with Crippen molar-refractivity contribution < 1.29 is 17.9 Å². The molecule has 1 amide bonds. The molecule has 1 aromatic rings. The number of carbonyl (C=O) groups excluding carboxylic acids is 1. The Morgan fingerprint density at radius 2 is 2.07 bits per heavy atom. The Bertz CT molecular complexity index is 990. The van der Waals surface area contributed by atoms with Gasteiger partial charge in [-0.05, 0) is 26.2 Å². The van der Waals surface area contributed by atoms with Crippen LogP contribution in [0.15, 0.2) is 4.79 Å². The van der Waals surface area contributed by atoms with Crippen LogP contribution in [0.4, 0.5) is 0 Å². The first kappa shape index (κ1) is 21.5. The molecule has 0 aliphatic carbocycles. The number of amides is 1. The van der Waals surface area contributed by atoms with Gasteiger partial charge in [0.15, 0.2) is 9.84 Å². The number of hydrogen-bond acceptors (Lipinski definition) is 7. The molecule has 0 unspecified atom stereocenters. The molecule has 0 radical (unpaired) electrons. The quantitative estimate of drug-likeness (QED) is 0.666. The van der Waals surface area contributed by atoms with Gasteiger partial charge < -0.3 is 19.5 Å². The smallest absolute Gasteiger partial charge is 0.276 e. The summed E-state index contributed by atoms with van der Waals surface area (Å²) in [4.78, 5) is 31.3. The third-order valence-electron chi connectivity index (χ3n) is 6.60. The maximum atomic E-state index is 12.9. The molecule has 3 aliphatic heterocycles. The molecular formula is C20H30N4O5S. The van der Waals surface area contributed by atoms with Crippen LogP contribution < -0.4 is 10.9 Å². The number of hydrogen-bond donors (Lipinski definition) is 1. The van der Waals surface area contributed by atoms with E-state index in [-0.39, 0.29) is 41.5 Å².